The largest absolute Gasteiger partial charge is 0.490 e. The van der Waals surface area contributed by atoms with E-state index in [1.54, 1.807) is 34.0 Å². The highest BCUT2D eigenvalue weighted by atomic mass is 32.2. The summed E-state index contributed by atoms with van der Waals surface area (Å²) in [5.74, 6) is 0.449. The van der Waals surface area contributed by atoms with Crippen LogP contribution in [0.5, 0.6) is 11.5 Å². The minimum Gasteiger partial charge on any atom is -0.490 e. The van der Waals surface area contributed by atoms with Gasteiger partial charge in [0.05, 0.1) is 18.1 Å². The second kappa shape index (κ2) is 7.40. The normalized spacial score (nSPS) is 15.7. The summed E-state index contributed by atoms with van der Waals surface area (Å²) in [5, 5.41) is 0. The van der Waals surface area contributed by atoms with Crippen molar-refractivity contribution in [3.63, 3.8) is 0 Å². The molecule has 1 aliphatic heterocycles. The number of amides is 1. The number of nitrogens with one attached hydrogen (secondary N) is 1. The number of likely N-dealkylation sites (N-methyl/N-ethyl adjacent to an activating group) is 1. The van der Waals surface area contributed by atoms with Crippen LogP contribution in [-0.2, 0) is 14.8 Å². The fraction of sp³-hybridized carbons (Fsp3) is 0.562. The molecule has 24 heavy (non-hydrogen) atoms. The molecule has 0 unspecified atom stereocenters. The SMILES string of the molecule is CC(C)[C@H](NS(=O)(=O)c1ccc2c(c1)OCCCO2)C(=O)N(C)C. The molecule has 0 radical (unpaired) electrons. The summed E-state index contributed by atoms with van der Waals surface area (Å²) < 4.78 is 38.9. The smallest absolute Gasteiger partial charge is 0.241 e. The minimum atomic E-state index is -3.86. The molecule has 0 saturated carbocycles. The molecule has 2 rings (SSSR count). The van der Waals surface area contributed by atoms with Crippen LogP contribution in [-0.4, -0.2) is 52.6 Å². The molecule has 0 spiro atoms. The lowest BCUT2D eigenvalue weighted by Gasteiger charge is -2.24. The monoisotopic (exact) mass is 356 g/mol. The topological polar surface area (TPSA) is 84.9 Å². The van der Waals surface area contributed by atoms with Crippen molar-refractivity contribution in [3.05, 3.63) is 18.2 Å². The lowest BCUT2D eigenvalue weighted by Crippen LogP contribution is -2.49. The van der Waals surface area contributed by atoms with Gasteiger partial charge in [-0.05, 0) is 18.1 Å². The van der Waals surface area contributed by atoms with E-state index in [2.05, 4.69) is 4.72 Å². The van der Waals surface area contributed by atoms with E-state index in [-0.39, 0.29) is 16.7 Å². The fourth-order valence-corrected chi connectivity index (χ4v) is 3.65. The van der Waals surface area contributed by atoms with Crippen LogP contribution in [0.3, 0.4) is 0 Å². The molecule has 7 nitrogen and oxygen atoms in total. The Balaban J connectivity index is 2.29. The predicted molar refractivity (Wildman–Crippen MR) is 89.7 cm³/mol. The minimum absolute atomic E-state index is 0.0453. The number of hydrogen-bond acceptors (Lipinski definition) is 5. The Morgan fingerprint density at radius 1 is 1.17 bits per heavy atom. The third-order valence-electron chi connectivity index (χ3n) is 3.68. The van der Waals surface area contributed by atoms with E-state index in [1.165, 1.54) is 17.0 Å². The molecule has 1 aromatic carbocycles. The summed E-state index contributed by atoms with van der Waals surface area (Å²) in [4.78, 5) is 13.6. The zero-order chi connectivity index (χ0) is 17.9. The first-order valence-corrected chi connectivity index (χ1v) is 9.34. The van der Waals surface area contributed by atoms with Gasteiger partial charge in [0, 0.05) is 26.6 Å². The van der Waals surface area contributed by atoms with Gasteiger partial charge in [0.15, 0.2) is 11.5 Å². The van der Waals surface area contributed by atoms with Crippen molar-refractivity contribution in [2.45, 2.75) is 31.2 Å². The van der Waals surface area contributed by atoms with Crippen LogP contribution in [0, 0.1) is 5.92 Å². The first kappa shape index (κ1) is 18.5. The second-order valence-electron chi connectivity index (χ2n) is 6.23. The maximum absolute atomic E-state index is 12.7. The quantitative estimate of drug-likeness (QED) is 0.858. The Kier molecular flexibility index (Phi) is 5.71. The van der Waals surface area contributed by atoms with Crippen LogP contribution in [0.4, 0.5) is 0 Å². The Labute approximate surface area is 143 Å². The van der Waals surface area contributed by atoms with Crippen LogP contribution in [0.2, 0.25) is 0 Å². The van der Waals surface area contributed by atoms with E-state index >= 15 is 0 Å². The standard InChI is InChI=1S/C16H24N2O5S/c1-11(2)15(16(19)18(3)4)17-24(20,21)12-6-7-13-14(10-12)23-9-5-8-22-13/h6-7,10-11,15,17H,5,8-9H2,1-4H3/t15-/m0/s1. The van der Waals surface area contributed by atoms with Crippen LogP contribution in [0.25, 0.3) is 0 Å². The van der Waals surface area contributed by atoms with Gasteiger partial charge in [-0.3, -0.25) is 4.79 Å². The molecule has 8 heteroatoms. The van der Waals surface area contributed by atoms with Gasteiger partial charge in [-0.2, -0.15) is 4.72 Å². The number of hydrogen-bond donors (Lipinski definition) is 1. The number of carbonyl (C=O) groups is 1. The summed E-state index contributed by atoms with van der Waals surface area (Å²) in [7, 11) is -0.668. The van der Waals surface area contributed by atoms with E-state index in [9.17, 15) is 13.2 Å². The van der Waals surface area contributed by atoms with Crippen molar-refractivity contribution in [2.75, 3.05) is 27.3 Å². The van der Waals surface area contributed by atoms with Gasteiger partial charge in [0.25, 0.3) is 0 Å². The number of sulfonamides is 1. The highest BCUT2D eigenvalue weighted by Gasteiger charge is 2.30. The number of benzene rings is 1. The summed E-state index contributed by atoms with van der Waals surface area (Å²) in [6.07, 6.45) is 0.738. The average molecular weight is 356 g/mol. The van der Waals surface area contributed by atoms with Crippen LogP contribution in [0.15, 0.2) is 23.1 Å². The van der Waals surface area contributed by atoms with Gasteiger partial charge in [-0.1, -0.05) is 13.8 Å². The number of fused-ring (bicyclic) bond motifs is 1. The van der Waals surface area contributed by atoms with Gasteiger partial charge in [0.2, 0.25) is 15.9 Å². The number of carbonyl (C=O) groups excluding carboxylic acids is 1. The molecule has 1 aromatic rings. The Bertz CT molecular complexity index is 700. The number of ether oxygens (including phenoxy) is 2. The van der Waals surface area contributed by atoms with Crippen molar-refractivity contribution >= 4 is 15.9 Å². The van der Waals surface area contributed by atoms with E-state index < -0.39 is 16.1 Å². The molecular formula is C16H24N2O5S. The van der Waals surface area contributed by atoms with E-state index in [1.807, 2.05) is 0 Å². The molecule has 0 fully saturated rings. The Hall–Kier alpha value is -1.80. The van der Waals surface area contributed by atoms with E-state index in [4.69, 9.17) is 9.47 Å². The van der Waals surface area contributed by atoms with Gasteiger partial charge >= 0.3 is 0 Å². The first-order valence-electron chi connectivity index (χ1n) is 7.85. The van der Waals surface area contributed by atoms with Crippen molar-refractivity contribution < 1.29 is 22.7 Å². The second-order valence-corrected chi connectivity index (χ2v) is 7.95. The molecule has 1 aliphatic rings. The highest BCUT2D eigenvalue weighted by molar-refractivity contribution is 7.89. The van der Waals surface area contributed by atoms with Crippen LogP contribution < -0.4 is 14.2 Å². The molecule has 1 amide bonds. The molecule has 1 heterocycles. The van der Waals surface area contributed by atoms with Gasteiger partial charge in [0.1, 0.15) is 6.04 Å². The van der Waals surface area contributed by atoms with Crippen molar-refractivity contribution in [1.82, 2.24) is 9.62 Å². The average Bonchev–Trinajstić information content (AvgIpc) is 2.76. The molecule has 0 saturated heterocycles. The Morgan fingerprint density at radius 3 is 2.38 bits per heavy atom. The Morgan fingerprint density at radius 2 is 1.79 bits per heavy atom. The lowest BCUT2D eigenvalue weighted by atomic mass is 10.0. The third kappa shape index (κ3) is 4.18. The predicted octanol–water partition coefficient (Wildman–Crippen LogP) is 1.24. The maximum atomic E-state index is 12.7. The molecule has 0 bridgehead atoms. The summed E-state index contributed by atoms with van der Waals surface area (Å²) >= 11 is 0. The van der Waals surface area contributed by atoms with Crippen LogP contribution >= 0.6 is 0 Å². The maximum Gasteiger partial charge on any atom is 0.241 e. The summed E-state index contributed by atoms with van der Waals surface area (Å²) in [6.45, 7) is 4.59. The number of rotatable bonds is 5. The number of nitrogens with zero attached hydrogens (tertiary/aromatic N) is 1. The van der Waals surface area contributed by atoms with E-state index in [0.717, 1.165) is 6.42 Å². The van der Waals surface area contributed by atoms with Gasteiger partial charge in [-0.15, -0.1) is 0 Å². The van der Waals surface area contributed by atoms with Crippen molar-refractivity contribution in [1.29, 1.82) is 0 Å². The highest BCUT2D eigenvalue weighted by Crippen LogP contribution is 2.32. The zero-order valence-electron chi connectivity index (χ0n) is 14.4. The molecule has 1 N–H and O–H groups in total. The molecule has 0 aromatic heterocycles. The van der Waals surface area contributed by atoms with E-state index in [0.29, 0.717) is 24.7 Å². The third-order valence-corrected chi connectivity index (χ3v) is 5.12. The first-order chi connectivity index (χ1) is 11.2. The molecule has 1 atom stereocenters. The van der Waals surface area contributed by atoms with Gasteiger partial charge in [-0.25, -0.2) is 8.42 Å². The van der Waals surface area contributed by atoms with Crippen molar-refractivity contribution in [2.24, 2.45) is 5.92 Å². The molecule has 0 aliphatic carbocycles. The van der Waals surface area contributed by atoms with Crippen LogP contribution in [0.1, 0.15) is 20.3 Å². The fourth-order valence-electron chi connectivity index (χ4n) is 2.30. The van der Waals surface area contributed by atoms with Crippen molar-refractivity contribution in [3.8, 4) is 11.5 Å². The summed E-state index contributed by atoms with van der Waals surface area (Å²) in [6, 6.07) is 3.63. The molecular weight excluding hydrogens is 332 g/mol. The summed E-state index contributed by atoms with van der Waals surface area (Å²) in [5.41, 5.74) is 0. The lowest BCUT2D eigenvalue weighted by molar-refractivity contribution is -0.131. The van der Waals surface area contributed by atoms with Gasteiger partial charge < -0.3 is 14.4 Å². The molecule has 134 valence electrons. The zero-order valence-corrected chi connectivity index (χ0v) is 15.2.